The molecule has 0 saturated carbocycles. The minimum Gasteiger partial charge on any atom is -0.354 e. The van der Waals surface area contributed by atoms with Gasteiger partial charge >= 0.3 is 6.03 Å². The van der Waals surface area contributed by atoms with Crippen molar-refractivity contribution < 1.29 is 14.4 Å². The van der Waals surface area contributed by atoms with Gasteiger partial charge in [0.2, 0.25) is 5.91 Å². The molecular weight excluding hydrogens is 510 g/mol. The number of benzene rings is 1. The van der Waals surface area contributed by atoms with Crippen LogP contribution in [0.15, 0.2) is 42.9 Å². The third-order valence-corrected chi connectivity index (χ3v) is 7.30. The molecule has 4 rings (SSSR count). The van der Waals surface area contributed by atoms with Crippen molar-refractivity contribution in [1.29, 1.82) is 5.26 Å². The Morgan fingerprint density at radius 3 is 2.83 bits per heavy atom. The number of anilines is 2. The Balaban J connectivity index is 1.50. The fourth-order valence-corrected chi connectivity index (χ4v) is 4.99. The number of nitriles is 1. The molecule has 3 aromatic rings. The van der Waals surface area contributed by atoms with Crippen LogP contribution in [0.2, 0.25) is 0 Å². The van der Waals surface area contributed by atoms with Crippen LogP contribution in [0.1, 0.15) is 43.0 Å². The van der Waals surface area contributed by atoms with E-state index in [0.29, 0.717) is 54.3 Å². The number of fused-ring (bicyclic) bond motifs is 1. The van der Waals surface area contributed by atoms with Crippen LogP contribution >= 0.6 is 0 Å². The van der Waals surface area contributed by atoms with E-state index in [1.165, 1.54) is 10.9 Å². The van der Waals surface area contributed by atoms with Crippen LogP contribution in [-0.4, -0.2) is 76.5 Å². The van der Waals surface area contributed by atoms with E-state index >= 15 is 0 Å². The molecule has 3 amide bonds. The third kappa shape index (κ3) is 6.38. The van der Waals surface area contributed by atoms with Gasteiger partial charge in [0.05, 0.1) is 17.5 Å². The number of unbranched alkanes of at least 4 members (excludes halogenated alkanes) is 1. The number of nitrogens with zero attached hydrogens (tertiary/aromatic N) is 6. The highest BCUT2D eigenvalue weighted by molar-refractivity contribution is 6.01. The molecular formula is C28H35N9O3. The molecule has 3 heterocycles. The van der Waals surface area contributed by atoms with E-state index in [0.717, 1.165) is 19.3 Å². The zero-order chi connectivity index (χ0) is 28.6. The molecule has 12 nitrogen and oxygen atoms in total. The molecule has 0 spiro atoms. The molecule has 0 unspecified atom stereocenters. The van der Waals surface area contributed by atoms with Crippen molar-refractivity contribution in [2.24, 2.45) is 11.7 Å². The van der Waals surface area contributed by atoms with Crippen molar-refractivity contribution >= 4 is 40.4 Å². The van der Waals surface area contributed by atoms with Crippen molar-refractivity contribution in [3.05, 3.63) is 48.4 Å². The lowest BCUT2D eigenvalue weighted by Crippen LogP contribution is -2.52. The molecule has 4 N–H and O–H groups in total. The predicted molar refractivity (Wildman–Crippen MR) is 152 cm³/mol. The second kappa shape index (κ2) is 13.0. The van der Waals surface area contributed by atoms with Gasteiger partial charge in [0, 0.05) is 44.1 Å². The first-order valence-electron chi connectivity index (χ1n) is 13.4. The average molecular weight is 546 g/mol. The smallest absolute Gasteiger partial charge is 0.331 e. The summed E-state index contributed by atoms with van der Waals surface area (Å²) < 4.78 is 1.40. The molecule has 0 bridgehead atoms. The highest BCUT2D eigenvalue weighted by atomic mass is 16.2. The van der Waals surface area contributed by atoms with Gasteiger partial charge in [0.15, 0.2) is 5.65 Å². The number of likely N-dealkylation sites (N-methyl/N-ethyl adjacent to an activating group) is 1. The summed E-state index contributed by atoms with van der Waals surface area (Å²) >= 11 is 0. The maximum Gasteiger partial charge on any atom is 0.331 e. The van der Waals surface area contributed by atoms with Crippen LogP contribution in [0.5, 0.6) is 0 Å². The van der Waals surface area contributed by atoms with E-state index in [9.17, 15) is 14.4 Å². The van der Waals surface area contributed by atoms with E-state index in [-0.39, 0.29) is 30.2 Å². The molecule has 1 fully saturated rings. The van der Waals surface area contributed by atoms with Gasteiger partial charge in [-0.3, -0.25) is 14.2 Å². The van der Waals surface area contributed by atoms with Gasteiger partial charge in [0.25, 0.3) is 5.91 Å². The van der Waals surface area contributed by atoms with Crippen LogP contribution in [0.4, 0.5) is 16.3 Å². The molecule has 1 saturated heterocycles. The fraction of sp³-hybridized carbons (Fsp3) is 0.429. The summed E-state index contributed by atoms with van der Waals surface area (Å²) in [6, 6.07) is 10.0. The highest BCUT2D eigenvalue weighted by Crippen LogP contribution is 2.30. The Morgan fingerprint density at radius 2 is 2.05 bits per heavy atom. The summed E-state index contributed by atoms with van der Waals surface area (Å²) in [5.41, 5.74) is 6.85. The first kappa shape index (κ1) is 28.5. The van der Waals surface area contributed by atoms with Gasteiger partial charge in [-0.25, -0.2) is 14.8 Å². The van der Waals surface area contributed by atoms with Crippen LogP contribution in [0.25, 0.3) is 11.0 Å². The number of hydrogen-bond acceptors (Lipinski definition) is 8. The van der Waals surface area contributed by atoms with E-state index in [4.69, 9.17) is 11.0 Å². The summed E-state index contributed by atoms with van der Waals surface area (Å²) in [6.07, 6.45) is 5.36. The number of amides is 3. The first-order chi connectivity index (χ1) is 19.3. The molecule has 40 heavy (non-hydrogen) atoms. The van der Waals surface area contributed by atoms with Crippen LogP contribution in [-0.2, 0) is 4.79 Å². The number of nitrogens with one attached hydrogen (secondary N) is 2. The zero-order valence-electron chi connectivity index (χ0n) is 22.8. The number of hydrogen-bond donors (Lipinski definition) is 3. The summed E-state index contributed by atoms with van der Waals surface area (Å²) in [6.45, 7) is 4.36. The lowest BCUT2D eigenvalue weighted by atomic mass is 9.92. The van der Waals surface area contributed by atoms with Gasteiger partial charge in [-0.1, -0.05) is 13.0 Å². The van der Waals surface area contributed by atoms with E-state index in [2.05, 4.69) is 27.5 Å². The van der Waals surface area contributed by atoms with E-state index in [1.807, 2.05) is 18.0 Å². The van der Waals surface area contributed by atoms with E-state index < -0.39 is 6.03 Å². The molecule has 0 aliphatic carbocycles. The monoisotopic (exact) mass is 545 g/mol. The van der Waals surface area contributed by atoms with Crippen molar-refractivity contribution in [3.63, 3.8) is 0 Å². The van der Waals surface area contributed by atoms with Gasteiger partial charge in [-0.2, -0.15) is 5.26 Å². The largest absolute Gasteiger partial charge is 0.354 e. The van der Waals surface area contributed by atoms with Gasteiger partial charge in [0.1, 0.15) is 18.6 Å². The van der Waals surface area contributed by atoms with E-state index in [1.54, 1.807) is 41.4 Å². The minimum absolute atomic E-state index is 0.0177. The number of piperidine rings is 1. The highest BCUT2D eigenvalue weighted by Gasteiger charge is 2.33. The van der Waals surface area contributed by atoms with Gasteiger partial charge < -0.3 is 26.2 Å². The Hall–Kier alpha value is -4.50. The molecule has 1 aromatic carbocycles. The number of rotatable bonds is 9. The number of carbonyl (C=O) groups is 3. The zero-order valence-corrected chi connectivity index (χ0v) is 22.8. The minimum atomic E-state index is -0.429. The summed E-state index contributed by atoms with van der Waals surface area (Å²) in [4.78, 5) is 50.7. The van der Waals surface area contributed by atoms with Crippen molar-refractivity contribution in [2.75, 3.05) is 43.4 Å². The maximum atomic E-state index is 13.2. The fourth-order valence-electron chi connectivity index (χ4n) is 4.99. The van der Waals surface area contributed by atoms with Crippen molar-refractivity contribution in [2.45, 2.75) is 38.6 Å². The first-order valence-corrected chi connectivity index (χ1v) is 13.4. The number of carbonyl (C=O) groups excluding carboxylic acids is 3. The quantitative estimate of drug-likeness (QED) is 0.346. The van der Waals surface area contributed by atoms with Crippen molar-refractivity contribution in [3.8, 4) is 6.07 Å². The van der Waals surface area contributed by atoms with Gasteiger partial charge in [-0.15, -0.1) is 0 Å². The molecule has 1 aliphatic rings. The Morgan fingerprint density at radius 1 is 1.23 bits per heavy atom. The van der Waals surface area contributed by atoms with Crippen LogP contribution in [0.3, 0.4) is 0 Å². The predicted octanol–water partition coefficient (Wildman–Crippen LogP) is 2.57. The third-order valence-electron chi connectivity index (χ3n) is 7.30. The summed E-state index contributed by atoms with van der Waals surface area (Å²) in [5, 5.41) is 15.3. The van der Waals surface area contributed by atoms with Crippen LogP contribution < -0.4 is 21.3 Å². The SMILES string of the molecule is C[C@@H]1CCN(C(=O)CC#N)C[C@@H]1N(C)c1ncnc2c1ccn2C(=O)Nc1cccc(C(=O)NCCCCN)c1. The lowest BCUT2D eigenvalue weighted by molar-refractivity contribution is -0.131. The Kier molecular flexibility index (Phi) is 9.29. The summed E-state index contributed by atoms with van der Waals surface area (Å²) in [7, 11) is 1.92. The standard InChI is InChI=1S/C28H35N9O3/c1-19-9-14-36(24(38)8-12-30)17-23(19)35(2)25-22-10-15-37(26(22)33-18-32-25)28(40)34-21-7-5-6-20(16-21)27(39)31-13-4-3-11-29/h5-7,10,15-16,18-19,23H,3-4,8-9,11,13-14,17,29H2,1-2H3,(H,31,39)(H,34,40)/t19-,23+/m1/s1. The Bertz CT molecular complexity index is 1410. The average Bonchev–Trinajstić information content (AvgIpc) is 3.40. The molecule has 2 atom stereocenters. The maximum absolute atomic E-state index is 13.2. The molecule has 1 aliphatic heterocycles. The summed E-state index contributed by atoms with van der Waals surface area (Å²) in [5.74, 6) is 0.550. The number of aromatic nitrogens is 3. The molecule has 210 valence electrons. The lowest BCUT2D eigenvalue weighted by Gasteiger charge is -2.42. The number of likely N-dealkylation sites (tertiary alicyclic amines) is 1. The molecule has 12 heteroatoms. The van der Waals surface area contributed by atoms with Gasteiger partial charge in [-0.05, 0) is 56.0 Å². The van der Waals surface area contributed by atoms with Crippen molar-refractivity contribution in [1.82, 2.24) is 24.8 Å². The normalized spacial score (nSPS) is 16.8. The molecule has 0 radical (unpaired) electrons. The number of nitrogens with two attached hydrogens (primary N) is 1. The Labute approximate surface area is 233 Å². The molecule has 2 aromatic heterocycles. The topological polar surface area (TPSA) is 162 Å². The second-order valence-electron chi connectivity index (χ2n) is 10.0. The second-order valence-corrected chi connectivity index (χ2v) is 10.0. The van der Waals surface area contributed by atoms with Crippen LogP contribution in [0, 0.1) is 17.2 Å².